The van der Waals surface area contributed by atoms with Gasteiger partial charge >= 0.3 is 24.1 Å². The van der Waals surface area contributed by atoms with Crippen molar-refractivity contribution in [3.8, 4) is 0 Å². The maximum absolute atomic E-state index is 13.1. The first-order valence-electron chi connectivity index (χ1n) is 6.33. The third-order valence-corrected chi connectivity index (χ3v) is 2.60. The number of pyridine rings is 1. The Morgan fingerprint density at radius 2 is 1.76 bits per heavy atom. The molecule has 0 spiro atoms. The van der Waals surface area contributed by atoms with E-state index < -0.39 is 29.3 Å². The van der Waals surface area contributed by atoms with Gasteiger partial charge in [-0.05, 0) is 26.0 Å². The minimum absolute atomic E-state index is 0.271. The van der Waals surface area contributed by atoms with Gasteiger partial charge in [0, 0.05) is 5.69 Å². The van der Waals surface area contributed by atoms with Crippen molar-refractivity contribution in [3.05, 3.63) is 23.9 Å². The monoisotopic (exact) mass is 392 g/mol. The first-order valence-corrected chi connectivity index (χ1v) is 6.71. The number of amides is 2. The van der Waals surface area contributed by atoms with Crippen LogP contribution in [0.1, 0.15) is 12.6 Å². The van der Waals surface area contributed by atoms with Crippen molar-refractivity contribution in [3.63, 3.8) is 0 Å². The van der Waals surface area contributed by atoms with Crippen molar-refractivity contribution >= 4 is 28.6 Å². The van der Waals surface area contributed by atoms with Gasteiger partial charge in [0.25, 0.3) is 0 Å². The molecule has 2 amide bonds. The highest BCUT2D eigenvalue weighted by atomic mass is 35.5. The summed E-state index contributed by atoms with van der Waals surface area (Å²) in [5.74, 6) is -0.271. The highest BCUT2D eigenvalue weighted by molar-refractivity contribution is 6.64. The van der Waals surface area contributed by atoms with E-state index in [0.29, 0.717) is 11.0 Å². The predicted octanol–water partition coefficient (Wildman–Crippen LogP) is 3.92. The van der Waals surface area contributed by atoms with Crippen LogP contribution in [0.2, 0.25) is 0 Å². The largest absolute Gasteiger partial charge is 0.461 e. The predicted molar refractivity (Wildman–Crippen MR) is 76.0 cm³/mol. The van der Waals surface area contributed by atoms with Crippen molar-refractivity contribution in [1.29, 1.82) is 0 Å². The van der Waals surface area contributed by atoms with Gasteiger partial charge in [-0.25, -0.2) is 9.78 Å². The summed E-state index contributed by atoms with van der Waals surface area (Å²) in [5, 5.41) is 4.19. The van der Waals surface area contributed by atoms with Crippen molar-refractivity contribution < 1.29 is 36.0 Å². The fraction of sp³-hybridized carbons (Fsp3) is 0.417. The summed E-state index contributed by atoms with van der Waals surface area (Å²) in [6.07, 6.45) is -12.2. The summed E-state index contributed by atoms with van der Waals surface area (Å²) >= 11 is 5.12. The molecule has 1 aromatic rings. The lowest BCUT2D eigenvalue weighted by molar-refractivity contribution is -0.388. The number of alkyl halides is 6. The van der Waals surface area contributed by atoms with Crippen LogP contribution in [0.4, 0.5) is 37.0 Å². The molecule has 1 aromatic heterocycles. The third-order valence-electron chi connectivity index (χ3n) is 2.53. The van der Waals surface area contributed by atoms with Gasteiger partial charge in [-0.2, -0.15) is 26.3 Å². The van der Waals surface area contributed by atoms with E-state index in [-0.39, 0.29) is 5.82 Å². The SMILES string of the molecule is C/C(Cl)=N\OC(NC(=O)Nc1cccc(C)n1)(C(F)(F)F)C(F)(F)F. The molecule has 13 heteroatoms. The second-order valence-corrected chi connectivity index (χ2v) is 5.15. The van der Waals surface area contributed by atoms with Crippen LogP contribution in [0.5, 0.6) is 0 Å². The maximum Gasteiger partial charge on any atom is 0.461 e. The summed E-state index contributed by atoms with van der Waals surface area (Å²) in [7, 11) is 0. The van der Waals surface area contributed by atoms with Crippen LogP contribution in [0.25, 0.3) is 0 Å². The van der Waals surface area contributed by atoms with E-state index in [1.165, 1.54) is 19.1 Å². The first-order chi connectivity index (χ1) is 11.3. The maximum atomic E-state index is 13.1. The normalized spacial score (nSPS) is 13.4. The van der Waals surface area contributed by atoms with Crippen LogP contribution < -0.4 is 10.6 Å². The second kappa shape index (κ2) is 7.33. The molecule has 0 aliphatic heterocycles. The summed E-state index contributed by atoms with van der Waals surface area (Å²) in [4.78, 5) is 18.9. The Morgan fingerprint density at radius 3 is 2.20 bits per heavy atom. The average molecular weight is 393 g/mol. The second-order valence-electron chi connectivity index (χ2n) is 4.60. The Kier molecular flexibility index (Phi) is 6.10. The smallest absolute Gasteiger partial charge is 0.346 e. The van der Waals surface area contributed by atoms with E-state index in [1.54, 1.807) is 5.32 Å². The van der Waals surface area contributed by atoms with E-state index in [9.17, 15) is 31.1 Å². The molecule has 0 fully saturated rings. The summed E-state index contributed by atoms with van der Waals surface area (Å²) < 4.78 is 78.4. The molecule has 0 aromatic carbocycles. The number of aromatic nitrogens is 1. The molecule has 0 unspecified atom stereocenters. The van der Waals surface area contributed by atoms with Crippen LogP contribution in [-0.2, 0) is 4.84 Å². The zero-order chi connectivity index (χ0) is 19.5. The van der Waals surface area contributed by atoms with E-state index >= 15 is 0 Å². The number of hydrogen-bond donors (Lipinski definition) is 2. The standard InChI is InChI=1S/C12H11ClF6N4O2/c1-6-4-3-5-8(20-6)21-9(24)22-10(11(14,15)16,12(17,18)19)25-23-7(2)13/h3-5H,1-2H3,(H2,20,21,22,24)/b23-7+. The Morgan fingerprint density at radius 1 is 1.20 bits per heavy atom. The molecule has 140 valence electrons. The quantitative estimate of drug-likeness (QED) is 0.353. The lowest BCUT2D eigenvalue weighted by Gasteiger charge is -2.34. The van der Waals surface area contributed by atoms with E-state index in [0.717, 1.165) is 13.0 Å². The third kappa shape index (κ3) is 5.11. The molecule has 1 heterocycles. The molecule has 1 rings (SSSR count). The van der Waals surface area contributed by atoms with Gasteiger partial charge in [0.2, 0.25) is 0 Å². The van der Waals surface area contributed by atoms with E-state index in [1.807, 2.05) is 0 Å². The van der Waals surface area contributed by atoms with Crippen molar-refractivity contribution in [1.82, 2.24) is 10.3 Å². The number of oxime groups is 1. The Bertz CT molecular complexity index is 644. The minimum atomic E-state index is -6.10. The number of carbonyl (C=O) groups excluding carboxylic acids is 1. The van der Waals surface area contributed by atoms with Gasteiger partial charge in [0.05, 0.1) is 0 Å². The average Bonchev–Trinajstić information content (AvgIpc) is 2.40. The fourth-order valence-corrected chi connectivity index (χ4v) is 1.51. The van der Waals surface area contributed by atoms with Gasteiger partial charge in [-0.1, -0.05) is 22.8 Å². The first kappa shape index (κ1) is 20.8. The molecular weight excluding hydrogens is 382 g/mol. The topological polar surface area (TPSA) is 75.6 Å². The highest BCUT2D eigenvalue weighted by Crippen LogP contribution is 2.44. The van der Waals surface area contributed by atoms with Crippen LogP contribution in [0.15, 0.2) is 23.4 Å². The molecule has 0 saturated carbocycles. The molecule has 0 saturated heterocycles. The van der Waals surface area contributed by atoms with Gasteiger partial charge in [0.1, 0.15) is 11.0 Å². The summed E-state index contributed by atoms with van der Waals surface area (Å²) in [5.41, 5.74) is -4.74. The molecule has 0 radical (unpaired) electrons. The van der Waals surface area contributed by atoms with Crippen LogP contribution in [0, 0.1) is 6.92 Å². The summed E-state index contributed by atoms with van der Waals surface area (Å²) in [6, 6.07) is 2.18. The molecule has 0 atom stereocenters. The number of nitrogens with zero attached hydrogens (tertiary/aromatic N) is 2. The fourth-order valence-electron chi connectivity index (χ4n) is 1.48. The Labute approximate surface area is 142 Å². The highest BCUT2D eigenvalue weighted by Gasteiger charge is 2.76. The zero-order valence-electron chi connectivity index (χ0n) is 12.6. The molecule has 25 heavy (non-hydrogen) atoms. The van der Waals surface area contributed by atoms with Gasteiger partial charge in [-0.15, -0.1) is 0 Å². The van der Waals surface area contributed by atoms with Gasteiger partial charge < -0.3 is 4.84 Å². The molecule has 0 bridgehead atoms. The number of halogens is 7. The molecule has 0 aliphatic rings. The lowest BCUT2D eigenvalue weighted by atomic mass is 10.2. The van der Waals surface area contributed by atoms with Crippen molar-refractivity contribution in [2.75, 3.05) is 5.32 Å². The Balaban J connectivity index is 3.19. The molecular formula is C12H11ClF6N4O2. The molecule has 0 aliphatic carbocycles. The summed E-state index contributed by atoms with van der Waals surface area (Å²) in [6.45, 7) is 2.38. The van der Waals surface area contributed by atoms with Crippen LogP contribution >= 0.6 is 11.6 Å². The number of nitrogens with one attached hydrogen (secondary N) is 2. The minimum Gasteiger partial charge on any atom is -0.346 e. The zero-order valence-corrected chi connectivity index (χ0v) is 13.3. The number of urea groups is 1. The number of carbonyl (C=O) groups is 1. The number of aryl methyl sites for hydroxylation is 1. The van der Waals surface area contributed by atoms with Gasteiger partial charge in [-0.3, -0.25) is 10.6 Å². The van der Waals surface area contributed by atoms with E-state index in [2.05, 4.69) is 15.0 Å². The van der Waals surface area contributed by atoms with Crippen LogP contribution in [0.3, 0.4) is 0 Å². The number of anilines is 1. The lowest BCUT2D eigenvalue weighted by Crippen LogP contribution is -2.69. The molecule has 6 nitrogen and oxygen atoms in total. The number of rotatable bonds is 4. The van der Waals surface area contributed by atoms with Crippen molar-refractivity contribution in [2.24, 2.45) is 5.16 Å². The van der Waals surface area contributed by atoms with Crippen LogP contribution in [-0.4, -0.2) is 34.3 Å². The number of hydrogen-bond acceptors (Lipinski definition) is 4. The molecule has 2 N–H and O–H groups in total. The Hall–Kier alpha value is -2.24. The van der Waals surface area contributed by atoms with E-state index in [4.69, 9.17) is 11.6 Å². The van der Waals surface area contributed by atoms with Crippen molar-refractivity contribution in [2.45, 2.75) is 31.9 Å². The van der Waals surface area contributed by atoms with Gasteiger partial charge in [0.15, 0.2) is 0 Å².